The highest BCUT2D eigenvalue weighted by Gasteiger charge is 2.60. The van der Waals surface area contributed by atoms with E-state index >= 15 is 0 Å². The molecule has 0 N–H and O–H groups in total. The summed E-state index contributed by atoms with van der Waals surface area (Å²) in [4.78, 5) is 28.7. The Hall–Kier alpha value is -2.23. The van der Waals surface area contributed by atoms with Gasteiger partial charge in [-0.25, -0.2) is 9.79 Å². The summed E-state index contributed by atoms with van der Waals surface area (Å²) in [7, 11) is 0. The highest BCUT2D eigenvalue weighted by atomic mass is 16.6. The third-order valence-electron chi connectivity index (χ3n) is 4.88. The average molecular weight is 297 g/mol. The summed E-state index contributed by atoms with van der Waals surface area (Å²) in [5.74, 6) is -0.377. The van der Waals surface area contributed by atoms with E-state index < -0.39 is 5.54 Å². The quantitative estimate of drug-likeness (QED) is 0.488. The van der Waals surface area contributed by atoms with Crippen molar-refractivity contribution in [2.24, 2.45) is 22.7 Å². The molecule has 114 valence electrons. The smallest absolute Gasteiger partial charge is 0.341 e. The van der Waals surface area contributed by atoms with Crippen LogP contribution < -0.4 is 0 Å². The molecule has 4 heteroatoms. The second-order valence-corrected chi connectivity index (χ2v) is 5.93. The lowest BCUT2D eigenvalue weighted by Crippen LogP contribution is -2.39. The Morgan fingerprint density at radius 1 is 1.41 bits per heavy atom. The molecule has 1 heterocycles. The number of rotatable bonds is 4. The molecule has 0 amide bonds. The van der Waals surface area contributed by atoms with Crippen LogP contribution in [-0.4, -0.2) is 23.7 Å². The highest BCUT2D eigenvalue weighted by Crippen LogP contribution is 2.50. The largest absolute Gasteiger partial charge is 0.405 e. The Bertz CT molecular complexity index is 637. The lowest BCUT2D eigenvalue weighted by molar-refractivity contribution is -0.140. The minimum atomic E-state index is -0.940. The first-order chi connectivity index (χ1) is 10.7. The molecule has 1 aliphatic heterocycles. The van der Waals surface area contributed by atoms with E-state index in [1.807, 2.05) is 37.3 Å². The predicted octanol–water partition coefficient (Wildman–Crippen LogP) is 2.78. The maximum absolute atomic E-state index is 12.6. The number of carbonyl (C=O) groups excluding carboxylic acids is 2. The van der Waals surface area contributed by atoms with Crippen molar-refractivity contribution in [1.82, 2.24) is 0 Å². The zero-order valence-corrected chi connectivity index (χ0v) is 12.6. The summed E-state index contributed by atoms with van der Waals surface area (Å²) in [6.45, 7) is 5.79. The molecule has 0 saturated heterocycles. The summed E-state index contributed by atoms with van der Waals surface area (Å²) >= 11 is 0. The van der Waals surface area contributed by atoms with Gasteiger partial charge in [-0.15, -0.1) is 6.58 Å². The molecule has 0 unspecified atom stereocenters. The second kappa shape index (κ2) is 5.52. The van der Waals surface area contributed by atoms with Crippen molar-refractivity contribution in [3.8, 4) is 0 Å². The van der Waals surface area contributed by atoms with Gasteiger partial charge >= 0.3 is 5.97 Å². The van der Waals surface area contributed by atoms with Crippen molar-refractivity contribution < 1.29 is 14.3 Å². The topological polar surface area (TPSA) is 55.7 Å². The third kappa shape index (κ3) is 2.02. The van der Waals surface area contributed by atoms with E-state index in [-0.39, 0.29) is 23.7 Å². The fourth-order valence-corrected chi connectivity index (χ4v) is 3.80. The molecular weight excluding hydrogens is 278 g/mol. The van der Waals surface area contributed by atoms with Gasteiger partial charge in [0.1, 0.15) is 6.29 Å². The number of benzene rings is 1. The Balaban J connectivity index is 2.05. The first kappa shape index (κ1) is 14.7. The van der Waals surface area contributed by atoms with E-state index in [2.05, 4.69) is 11.6 Å². The van der Waals surface area contributed by atoms with Crippen molar-refractivity contribution in [2.75, 3.05) is 0 Å². The number of nitrogens with zero attached hydrogens (tertiary/aromatic N) is 1. The molecule has 4 nitrogen and oxygen atoms in total. The summed E-state index contributed by atoms with van der Waals surface area (Å²) in [6, 6.07) is 9.39. The number of allylic oxidation sites excluding steroid dienone is 1. The normalized spacial score (nSPS) is 33.6. The lowest BCUT2D eigenvalue weighted by atomic mass is 9.81. The fourth-order valence-electron chi connectivity index (χ4n) is 3.80. The number of aliphatic imine (C=N–C) groups is 1. The van der Waals surface area contributed by atoms with Gasteiger partial charge in [-0.2, -0.15) is 0 Å². The van der Waals surface area contributed by atoms with Crippen molar-refractivity contribution in [3.63, 3.8) is 0 Å². The van der Waals surface area contributed by atoms with Crippen LogP contribution in [0, 0.1) is 17.8 Å². The molecule has 1 saturated carbocycles. The number of ether oxygens (including phenoxy) is 1. The number of carbonyl (C=O) groups is 2. The van der Waals surface area contributed by atoms with Crippen molar-refractivity contribution in [2.45, 2.75) is 25.3 Å². The standard InChI is InChI=1S/C18H19NO3/c1-3-12-10-18(15(4-2)14(12)11-20)17(21)22-16(19-18)13-8-6-5-7-9-13/h3,5-9,11-12,14-15H,1,4,10H2,2H3/t12-,14-,15+,18-/m0/s1. The first-order valence-corrected chi connectivity index (χ1v) is 7.61. The average Bonchev–Trinajstić information content (AvgIpc) is 3.06. The third-order valence-corrected chi connectivity index (χ3v) is 4.88. The van der Waals surface area contributed by atoms with Crippen LogP contribution >= 0.6 is 0 Å². The maximum Gasteiger partial charge on any atom is 0.341 e. The molecular formula is C18H19NO3. The van der Waals surface area contributed by atoms with Crippen LogP contribution in [0.25, 0.3) is 0 Å². The van der Waals surface area contributed by atoms with Gasteiger partial charge < -0.3 is 9.53 Å². The van der Waals surface area contributed by atoms with E-state index in [0.29, 0.717) is 18.7 Å². The van der Waals surface area contributed by atoms with Gasteiger partial charge in [-0.05, 0) is 30.9 Å². The van der Waals surface area contributed by atoms with E-state index in [1.54, 1.807) is 6.08 Å². The molecule has 1 spiro atoms. The molecule has 1 aromatic rings. The molecule has 4 atom stereocenters. The van der Waals surface area contributed by atoms with Gasteiger partial charge in [-0.3, -0.25) is 0 Å². The Kier molecular flexibility index (Phi) is 3.69. The lowest BCUT2D eigenvalue weighted by Gasteiger charge is -2.24. The van der Waals surface area contributed by atoms with Crippen LogP contribution in [0.3, 0.4) is 0 Å². The molecule has 1 fully saturated rings. The van der Waals surface area contributed by atoms with E-state index in [0.717, 1.165) is 11.8 Å². The fraction of sp³-hybridized carbons (Fsp3) is 0.389. The van der Waals surface area contributed by atoms with Crippen LogP contribution in [0.2, 0.25) is 0 Å². The number of hydrogen-bond donors (Lipinski definition) is 0. The van der Waals surface area contributed by atoms with Gasteiger partial charge in [0.2, 0.25) is 5.90 Å². The molecule has 2 aliphatic rings. The molecule has 0 bridgehead atoms. The van der Waals surface area contributed by atoms with Gasteiger partial charge in [0.05, 0.1) is 0 Å². The molecule has 0 radical (unpaired) electrons. The minimum absolute atomic E-state index is 0.0335. The summed E-state index contributed by atoms with van der Waals surface area (Å²) < 4.78 is 5.46. The van der Waals surface area contributed by atoms with E-state index in [1.165, 1.54) is 0 Å². The van der Waals surface area contributed by atoms with E-state index in [4.69, 9.17) is 4.74 Å². The Labute approximate surface area is 129 Å². The van der Waals surface area contributed by atoms with Crippen molar-refractivity contribution >= 4 is 18.2 Å². The zero-order valence-electron chi connectivity index (χ0n) is 12.6. The van der Waals surface area contributed by atoms with Gasteiger partial charge in [0.15, 0.2) is 5.54 Å². The first-order valence-electron chi connectivity index (χ1n) is 7.61. The Morgan fingerprint density at radius 2 is 2.14 bits per heavy atom. The number of esters is 1. The predicted molar refractivity (Wildman–Crippen MR) is 83.4 cm³/mol. The van der Waals surface area contributed by atoms with Crippen LogP contribution in [0.15, 0.2) is 48.0 Å². The minimum Gasteiger partial charge on any atom is -0.405 e. The number of hydrogen-bond acceptors (Lipinski definition) is 4. The molecule has 3 rings (SSSR count). The molecule has 1 aromatic carbocycles. The monoisotopic (exact) mass is 297 g/mol. The van der Waals surface area contributed by atoms with Gasteiger partial charge in [-0.1, -0.05) is 31.2 Å². The molecule has 1 aliphatic carbocycles. The van der Waals surface area contributed by atoms with Crippen LogP contribution in [0.1, 0.15) is 25.3 Å². The van der Waals surface area contributed by atoms with Gasteiger partial charge in [0.25, 0.3) is 0 Å². The summed E-state index contributed by atoms with van der Waals surface area (Å²) in [6.07, 6.45) is 3.90. The van der Waals surface area contributed by atoms with Crippen LogP contribution in [-0.2, 0) is 14.3 Å². The Morgan fingerprint density at radius 3 is 2.73 bits per heavy atom. The SMILES string of the molecule is C=C[C@H]1C[C@]2(N=C(c3ccccc3)OC2=O)[C@H](CC)[C@H]1C=O. The zero-order chi connectivity index (χ0) is 15.7. The molecule has 0 aromatic heterocycles. The second-order valence-electron chi connectivity index (χ2n) is 5.93. The maximum atomic E-state index is 12.6. The van der Waals surface area contributed by atoms with E-state index in [9.17, 15) is 9.59 Å². The van der Waals surface area contributed by atoms with Crippen molar-refractivity contribution in [1.29, 1.82) is 0 Å². The number of cyclic esters (lactones) is 1. The summed E-state index contributed by atoms with van der Waals surface area (Å²) in [5.41, 5.74) is -0.156. The summed E-state index contributed by atoms with van der Waals surface area (Å²) in [5, 5.41) is 0. The number of aldehydes is 1. The van der Waals surface area contributed by atoms with Crippen molar-refractivity contribution in [3.05, 3.63) is 48.6 Å². The molecule has 22 heavy (non-hydrogen) atoms. The highest BCUT2D eigenvalue weighted by molar-refractivity contribution is 6.08. The van der Waals surface area contributed by atoms with Crippen LogP contribution in [0.4, 0.5) is 0 Å². The van der Waals surface area contributed by atoms with Gasteiger partial charge in [0, 0.05) is 17.4 Å². The van der Waals surface area contributed by atoms with Crippen LogP contribution in [0.5, 0.6) is 0 Å².